The van der Waals surface area contributed by atoms with E-state index in [0.29, 0.717) is 21.2 Å². The van der Waals surface area contributed by atoms with Crippen LogP contribution in [0.2, 0.25) is 0 Å². The quantitative estimate of drug-likeness (QED) is 0.772. The molecule has 72 valence electrons. The van der Waals surface area contributed by atoms with Crippen LogP contribution in [-0.2, 0) is 6.61 Å². The molecule has 1 aromatic heterocycles. The lowest BCUT2D eigenvalue weighted by Crippen LogP contribution is -1.88. The fraction of sp³-hybridized carbons (Fsp3) is 0.100. The molecule has 0 radical (unpaired) electrons. The number of rotatable bonds is 2. The smallest absolute Gasteiger partial charge is 0.160 e. The van der Waals surface area contributed by atoms with E-state index < -0.39 is 5.82 Å². The fourth-order valence-electron chi connectivity index (χ4n) is 1.31. The third-order valence-corrected chi connectivity index (χ3v) is 3.08. The molecule has 1 N–H and O–H groups in total. The largest absolute Gasteiger partial charge is 0.392 e. The van der Waals surface area contributed by atoms with E-state index in [1.54, 1.807) is 12.1 Å². The van der Waals surface area contributed by atoms with E-state index >= 15 is 0 Å². The normalized spacial score (nSPS) is 10.7. The van der Waals surface area contributed by atoms with Crippen molar-refractivity contribution in [2.45, 2.75) is 6.61 Å². The summed E-state index contributed by atoms with van der Waals surface area (Å²) in [4.78, 5) is 11.0. The highest BCUT2D eigenvalue weighted by Crippen LogP contribution is 2.28. The molecular weight excluding hydrogens is 203 g/mol. The van der Waals surface area contributed by atoms with Crippen LogP contribution in [0.3, 0.4) is 0 Å². The SMILES string of the molecule is O=Cc1cc2ccc(CO)c(F)c2s1. The van der Waals surface area contributed by atoms with Gasteiger partial charge in [0.15, 0.2) is 6.29 Å². The zero-order chi connectivity index (χ0) is 10.1. The summed E-state index contributed by atoms with van der Waals surface area (Å²) in [7, 11) is 0. The Morgan fingerprint density at radius 2 is 2.29 bits per heavy atom. The highest BCUT2D eigenvalue weighted by Gasteiger charge is 2.09. The van der Waals surface area contributed by atoms with Crippen molar-refractivity contribution in [2.24, 2.45) is 0 Å². The third kappa shape index (κ3) is 1.32. The maximum absolute atomic E-state index is 13.6. The molecule has 1 heterocycles. The zero-order valence-corrected chi connectivity index (χ0v) is 7.97. The number of benzene rings is 1. The van der Waals surface area contributed by atoms with Crippen molar-refractivity contribution in [2.75, 3.05) is 0 Å². The molecular formula is C10H7FO2S. The average molecular weight is 210 g/mol. The van der Waals surface area contributed by atoms with Crippen LogP contribution in [0.4, 0.5) is 4.39 Å². The predicted octanol–water partition coefficient (Wildman–Crippen LogP) is 2.35. The number of hydrogen-bond acceptors (Lipinski definition) is 3. The lowest BCUT2D eigenvalue weighted by atomic mass is 10.1. The van der Waals surface area contributed by atoms with Crippen molar-refractivity contribution in [3.05, 3.63) is 34.5 Å². The highest BCUT2D eigenvalue weighted by molar-refractivity contribution is 7.20. The summed E-state index contributed by atoms with van der Waals surface area (Å²) in [6.07, 6.45) is 0.697. The van der Waals surface area contributed by atoms with Crippen LogP contribution < -0.4 is 0 Å². The Bertz CT molecular complexity index is 490. The minimum absolute atomic E-state index is 0.261. The number of hydrogen-bond donors (Lipinski definition) is 1. The van der Waals surface area contributed by atoms with Gasteiger partial charge in [-0.05, 0) is 11.5 Å². The Kier molecular flexibility index (Phi) is 2.31. The highest BCUT2D eigenvalue weighted by atomic mass is 32.1. The van der Waals surface area contributed by atoms with Crippen LogP contribution in [0.5, 0.6) is 0 Å². The van der Waals surface area contributed by atoms with Crippen LogP contribution in [0.25, 0.3) is 10.1 Å². The Hall–Kier alpha value is -1.26. The minimum atomic E-state index is -0.428. The number of fused-ring (bicyclic) bond motifs is 1. The van der Waals surface area contributed by atoms with Gasteiger partial charge in [0.1, 0.15) is 5.82 Å². The van der Waals surface area contributed by atoms with Crippen molar-refractivity contribution >= 4 is 27.7 Å². The van der Waals surface area contributed by atoms with Gasteiger partial charge in [0.05, 0.1) is 16.2 Å². The minimum Gasteiger partial charge on any atom is -0.392 e. The molecule has 0 amide bonds. The van der Waals surface area contributed by atoms with Crippen LogP contribution in [-0.4, -0.2) is 11.4 Å². The molecule has 0 aliphatic heterocycles. The second kappa shape index (κ2) is 3.48. The fourth-order valence-corrected chi connectivity index (χ4v) is 2.25. The summed E-state index contributed by atoms with van der Waals surface area (Å²) < 4.78 is 14.0. The molecule has 14 heavy (non-hydrogen) atoms. The van der Waals surface area contributed by atoms with Gasteiger partial charge in [-0.2, -0.15) is 0 Å². The van der Waals surface area contributed by atoms with Gasteiger partial charge in [-0.15, -0.1) is 11.3 Å². The maximum Gasteiger partial charge on any atom is 0.160 e. The molecule has 0 bridgehead atoms. The van der Waals surface area contributed by atoms with Crippen molar-refractivity contribution in [1.82, 2.24) is 0 Å². The van der Waals surface area contributed by atoms with Crippen molar-refractivity contribution in [3.8, 4) is 0 Å². The van der Waals surface area contributed by atoms with E-state index in [-0.39, 0.29) is 12.2 Å². The zero-order valence-electron chi connectivity index (χ0n) is 7.16. The second-order valence-electron chi connectivity index (χ2n) is 2.88. The van der Waals surface area contributed by atoms with Gasteiger partial charge in [-0.1, -0.05) is 12.1 Å². The van der Waals surface area contributed by atoms with Crippen LogP contribution in [0.1, 0.15) is 15.2 Å². The van der Waals surface area contributed by atoms with E-state index in [2.05, 4.69) is 0 Å². The molecule has 2 nitrogen and oxygen atoms in total. The molecule has 0 spiro atoms. The van der Waals surface area contributed by atoms with E-state index in [9.17, 15) is 9.18 Å². The standard InChI is InChI=1S/C10H7FO2S/c11-9-7(4-12)2-1-6-3-8(5-13)14-10(6)9/h1-3,5,12H,4H2. The Balaban J connectivity index is 2.74. The van der Waals surface area contributed by atoms with E-state index in [1.807, 2.05) is 0 Å². The van der Waals surface area contributed by atoms with E-state index in [0.717, 1.165) is 11.3 Å². The molecule has 0 unspecified atom stereocenters. The first-order chi connectivity index (χ1) is 6.76. The van der Waals surface area contributed by atoms with E-state index in [4.69, 9.17) is 5.11 Å². The van der Waals surface area contributed by atoms with Gasteiger partial charge in [0.2, 0.25) is 0 Å². The predicted molar refractivity (Wildman–Crippen MR) is 53.1 cm³/mol. The van der Waals surface area contributed by atoms with Crippen molar-refractivity contribution in [3.63, 3.8) is 0 Å². The Labute approximate surface area is 83.6 Å². The van der Waals surface area contributed by atoms with Gasteiger partial charge >= 0.3 is 0 Å². The topological polar surface area (TPSA) is 37.3 Å². The summed E-state index contributed by atoms with van der Waals surface area (Å²) in [5, 5.41) is 9.54. The molecule has 2 aromatic rings. The summed E-state index contributed by atoms with van der Waals surface area (Å²) in [5.74, 6) is -0.428. The second-order valence-corrected chi connectivity index (χ2v) is 3.97. The summed E-state index contributed by atoms with van der Waals surface area (Å²) in [6.45, 7) is -0.323. The number of thiophene rings is 1. The van der Waals surface area contributed by atoms with Gasteiger partial charge in [0, 0.05) is 5.56 Å². The Morgan fingerprint density at radius 3 is 2.93 bits per heavy atom. The molecule has 0 aliphatic carbocycles. The molecule has 0 fully saturated rings. The number of carbonyl (C=O) groups is 1. The Morgan fingerprint density at radius 1 is 1.50 bits per heavy atom. The number of carbonyl (C=O) groups excluding carboxylic acids is 1. The number of halogens is 1. The first-order valence-electron chi connectivity index (χ1n) is 4.03. The van der Waals surface area contributed by atoms with Gasteiger partial charge in [-0.25, -0.2) is 4.39 Å². The molecule has 1 aromatic carbocycles. The third-order valence-electron chi connectivity index (χ3n) is 2.01. The van der Waals surface area contributed by atoms with Gasteiger partial charge < -0.3 is 5.11 Å². The molecule has 2 rings (SSSR count). The first kappa shape index (κ1) is 9.30. The first-order valence-corrected chi connectivity index (χ1v) is 4.85. The number of aldehydes is 1. The lowest BCUT2D eigenvalue weighted by Gasteiger charge is -1.98. The van der Waals surface area contributed by atoms with Gasteiger partial charge in [0.25, 0.3) is 0 Å². The van der Waals surface area contributed by atoms with Crippen LogP contribution in [0.15, 0.2) is 18.2 Å². The molecule has 4 heteroatoms. The molecule has 0 aliphatic rings. The molecule has 0 atom stereocenters. The average Bonchev–Trinajstić information content (AvgIpc) is 2.62. The van der Waals surface area contributed by atoms with E-state index in [1.165, 1.54) is 6.07 Å². The van der Waals surface area contributed by atoms with Crippen molar-refractivity contribution < 1.29 is 14.3 Å². The maximum atomic E-state index is 13.6. The summed E-state index contributed by atoms with van der Waals surface area (Å²) in [6, 6.07) is 4.86. The summed E-state index contributed by atoms with van der Waals surface area (Å²) >= 11 is 1.10. The lowest BCUT2D eigenvalue weighted by molar-refractivity contribution is 0.112. The van der Waals surface area contributed by atoms with Gasteiger partial charge in [-0.3, -0.25) is 4.79 Å². The molecule has 0 saturated heterocycles. The van der Waals surface area contributed by atoms with Crippen molar-refractivity contribution in [1.29, 1.82) is 0 Å². The number of aliphatic hydroxyl groups is 1. The monoisotopic (exact) mass is 210 g/mol. The number of aliphatic hydroxyl groups excluding tert-OH is 1. The summed E-state index contributed by atoms with van der Waals surface area (Å²) in [5.41, 5.74) is 0.261. The van der Waals surface area contributed by atoms with Crippen LogP contribution in [0, 0.1) is 5.82 Å². The van der Waals surface area contributed by atoms with Crippen LogP contribution >= 0.6 is 11.3 Å². The molecule has 0 saturated carbocycles.